The topological polar surface area (TPSA) is 58.9 Å². The van der Waals surface area contributed by atoms with E-state index in [1.165, 1.54) is 11.3 Å². The fraction of sp³-hybridized carbons (Fsp3) is 0.125. The summed E-state index contributed by atoms with van der Waals surface area (Å²) in [6, 6.07) is 3.66. The summed E-state index contributed by atoms with van der Waals surface area (Å²) in [6.45, 7) is 1.93. The molecular formula is C8H8N2OS. The summed E-state index contributed by atoms with van der Waals surface area (Å²) < 4.78 is 0.928. The van der Waals surface area contributed by atoms with Crippen molar-refractivity contribution in [2.75, 3.05) is 5.73 Å². The van der Waals surface area contributed by atoms with Crippen molar-refractivity contribution in [3.05, 3.63) is 27.4 Å². The smallest absolute Gasteiger partial charge is 0.305 e. The van der Waals surface area contributed by atoms with Crippen LogP contribution in [0.4, 0.5) is 5.69 Å². The Hall–Kier alpha value is -1.29. The summed E-state index contributed by atoms with van der Waals surface area (Å²) in [5.74, 6) is 0. The van der Waals surface area contributed by atoms with Crippen molar-refractivity contribution >= 4 is 27.2 Å². The van der Waals surface area contributed by atoms with Gasteiger partial charge in [-0.15, -0.1) is 0 Å². The Bertz CT molecular complexity index is 483. The molecule has 1 heterocycles. The predicted octanol–water partition coefficient (Wildman–Crippen LogP) is 1.48. The minimum absolute atomic E-state index is 0.0290. The van der Waals surface area contributed by atoms with Crippen LogP contribution in [-0.2, 0) is 0 Å². The molecule has 4 heteroatoms. The quantitative estimate of drug-likeness (QED) is 0.603. The van der Waals surface area contributed by atoms with Crippen LogP contribution >= 0.6 is 11.3 Å². The van der Waals surface area contributed by atoms with Crippen LogP contribution in [0.1, 0.15) is 5.56 Å². The lowest BCUT2D eigenvalue weighted by Gasteiger charge is -1.96. The second-order valence-electron chi connectivity index (χ2n) is 2.73. The van der Waals surface area contributed by atoms with Crippen molar-refractivity contribution in [3.8, 4) is 0 Å². The zero-order valence-electron chi connectivity index (χ0n) is 6.55. The molecule has 0 aliphatic rings. The minimum atomic E-state index is -0.0290. The maximum atomic E-state index is 11.0. The summed E-state index contributed by atoms with van der Waals surface area (Å²) in [5, 5.41) is 0. The molecular weight excluding hydrogens is 172 g/mol. The second-order valence-corrected chi connectivity index (χ2v) is 3.74. The Kier molecular flexibility index (Phi) is 1.44. The van der Waals surface area contributed by atoms with Gasteiger partial charge in [-0.1, -0.05) is 11.3 Å². The molecule has 0 saturated heterocycles. The summed E-state index contributed by atoms with van der Waals surface area (Å²) >= 11 is 1.19. The van der Waals surface area contributed by atoms with Crippen LogP contribution in [0.3, 0.4) is 0 Å². The molecule has 0 aliphatic carbocycles. The summed E-state index contributed by atoms with van der Waals surface area (Å²) in [5.41, 5.74) is 8.25. The average Bonchev–Trinajstić information content (AvgIpc) is 2.29. The molecule has 1 aromatic heterocycles. The van der Waals surface area contributed by atoms with Crippen LogP contribution in [-0.4, -0.2) is 4.98 Å². The SMILES string of the molecule is Cc1cc(N)cc2sc(=O)[nH]c12. The standard InChI is InChI=1S/C8H8N2OS/c1-4-2-5(9)3-6-7(4)10-8(11)12-6/h2-3H,9H2,1H3,(H,10,11). The number of nitrogens with one attached hydrogen (secondary N) is 1. The normalized spacial score (nSPS) is 10.8. The third-order valence-corrected chi connectivity index (χ3v) is 2.58. The molecule has 0 amide bonds. The van der Waals surface area contributed by atoms with Gasteiger partial charge in [-0.05, 0) is 24.6 Å². The number of benzene rings is 1. The van der Waals surface area contributed by atoms with Crippen LogP contribution in [0.15, 0.2) is 16.9 Å². The zero-order chi connectivity index (χ0) is 8.72. The van der Waals surface area contributed by atoms with Gasteiger partial charge >= 0.3 is 4.87 Å². The van der Waals surface area contributed by atoms with E-state index in [-0.39, 0.29) is 4.87 Å². The molecule has 0 saturated carbocycles. The number of fused-ring (bicyclic) bond motifs is 1. The highest BCUT2D eigenvalue weighted by Crippen LogP contribution is 2.21. The number of anilines is 1. The fourth-order valence-electron chi connectivity index (χ4n) is 1.25. The van der Waals surface area contributed by atoms with Crippen LogP contribution in [0.25, 0.3) is 10.2 Å². The summed E-state index contributed by atoms with van der Waals surface area (Å²) in [4.78, 5) is 13.7. The van der Waals surface area contributed by atoms with E-state index < -0.39 is 0 Å². The third-order valence-electron chi connectivity index (χ3n) is 1.75. The molecule has 62 valence electrons. The molecule has 0 fully saturated rings. The zero-order valence-corrected chi connectivity index (χ0v) is 7.37. The van der Waals surface area contributed by atoms with Crippen LogP contribution in [0.5, 0.6) is 0 Å². The number of nitrogens with two attached hydrogens (primary N) is 1. The van der Waals surface area contributed by atoms with E-state index in [1.54, 1.807) is 0 Å². The molecule has 0 bridgehead atoms. The maximum absolute atomic E-state index is 11.0. The second kappa shape index (κ2) is 2.35. The van der Waals surface area contributed by atoms with Gasteiger partial charge in [0.15, 0.2) is 0 Å². The number of rotatable bonds is 0. The number of aryl methyl sites for hydroxylation is 1. The molecule has 3 nitrogen and oxygen atoms in total. The van der Waals surface area contributed by atoms with Gasteiger partial charge < -0.3 is 10.7 Å². The van der Waals surface area contributed by atoms with E-state index in [1.807, 2.05) is 19.1 Å². The van der Waals surface area contributed by atoms with Gasteiger partial charge in [-0.25, -0.2) is 0 Å². The number of nitrogen functional groups attached to an aromatic ring is 1. The number of H-pyrrole nitrogens is 1. The largest absolute Gasteiger partial charge is 0.399 e. The van der Waals surface area contributed by atoms with Gasteiger partial charge in [0, 0.05) is 5.69 Å². The number of hydrogen-bond acceptors (Lipinski definition) is 3. The fourth-order valence-corrected chi connectivity index (χ4v) is 2.11. The molecule has 1 aromatic carbocycles. The Balaban J connectivity index is 2.97. The molecule has 2 aromatic rings. The lowest BCUT2D eigenvalue weighted by atomic mass is 10.2. The molecule has 0 spiro atoms. The average molecular weight is 180 g/mol. The number of aromatic nitrogens is 1. The summed E-state index contributed by atoms with van der Waals surface area (Å²) in [6.07, 6.45) is 0. The Morgan fingerprint density at radius 1 is 1.50 bits per heavy atom. The van der Waals surface area contributed by atoms with E-state index in [9.17, 15) is 4.79 Å². The first kappa shape index (κ1) is 7.36. The summed E-state index contributed by atoms with van der Waals surface area (Å²) in [7, 11) is 0. The van der Waals surface area contributed by atoms with Crippen LogP contribution < -0.4 is 10.6 Å². The van der Waals surface area contributed by atoms with Gasteiger partial charge in [-0.2, -0.15) is 0 Å². The van der Waals surface area contributed by atoms with Crippen molar-refractivity contribution in [1.82, 2.24) is 4.98 Å². The highest BCUT2D eigenvalue weighted by atomic mass is 32.1. The van der Waals surface area contributed by atoms with E-state index >= 15 is 0 Å². The Morgan fingerprint density at radius 3 is 3.00 bits per heavy atom. The van der Waals surface area contributed by atoms with E-state index in [2.05, 4.69) is 4.98 Å². The van der Waals surface area contributed by atoms with Crippen molar-refractivity contribution < 1.29 is 0 Å². The minimum Gasteiger partial charge on any atom is -0.399 e. The van der Waals surface area contributed by atoms with Crippen molar-refractivity contribution in [3.63, 3.8) is 0 Å². The molecule has 0 atom stereocenters. The van der Waals surface area contributed by atoms with Gasteiger partial charge in [0.05, 0.1) is 10.2 Å². The number of aromatic amines is 1. The van der Waals surface area contributed by atoms with Crippen molar-refractivity contribution in [2.24, 2.45) is 0 Å². The molecule has 3 N–H and O–H groups in total. The molecule has 2 rings (SSSR count). The van der Waals surface area contributed by atoms with E-state index in [0.717, 1.165) is 15.8 Å². The first-order chi connectivity index (χ1) is 5.66. The maximum Gasteiger partial charge on any atom is 0.305 e. The Morgan fingerprint density at radius 2 is 2.25 bits per heavy atom. The monoisotopic (exact) mass is 180 g/mol. The van der Waals surface area contributed by atoms with Crippen molar-refractivity contribution in [1.29, 1.82) is 0 Å². The van der Waals surface area contributed by atoms with Crippen LogP contribution in [0, 0.1) is 6.92 Å². The number of hydrogen-bond donors (Lipinski definition) is 2. The lowest BCUT2D eigenvalue weighted by molar-refractivity contribution is 1.37. The molecule has 0 radical (unpaired) electrons. The first-order valence-corrected chi connectivity index (χ1v) is 4.37. The number of thiazole rings is 1. The third kappa shape index (κ3) is 1.00. The van der Waals surface area contributed by atoms with Gasteiger partial charge in [0.25, 0.3) is 0 Å². The molecule has 0 unspecified atom stereocenters. The van der Waals surface area contributed by atoms with Crippen LogP contribution in [0.2, 0.25) is 0 Å². The van der Waals surface area contributed by atoms with Gasteiger partial charge in [0.1, 0.15) is 0 Å². The first-order valence-electron chi connectivity index (χ1n) is 3.56. The van der Waals surface area contributed by atoms with Gasteiger partial charge in [-0.3, -0.25) is 4.79 Å². The molecule has 0 aliphatic heterocycles. The highest BCUT2D eigenvalue weighted by Gasteiger charge is 2.02. The van der Waals surface area contributed by atoms with Crippen molar-refractivity contribution in [2.45, 2.75) is 6.92 Å². The Labute approximate surface area is 72.8 Å². The lowest BCUT2D eigenvalue weighted by Crippen LogP contribution is -1.91. The molecule has 12 heavy (non-hydrogen) atoms. The van der Waals surface area contributed by atoms with E-state index in [4.69, 9.17) is 5.73 Å². The predicted molar refractivity (Wildman–Crippen MR) is 51.6 cm³/mol. The van der Waals surface area contributed by atoms with Gasteiger partial charge in [0.2, 0.25) is 0 Å². The van der Waals surface area contributed by atoms with E-state index in [0.29, 0.717) is 5.69 Å². The highest BCUT2D eigenvalue weighted by molar-refractivity contribution is 7.16.